The second kappa shape index (κ2) is 13.1. The predicted molar refractivity (Wildman–Crippen MR) is 160 cm³/mol. The molecular weight excluding hydrogens is 621 g/mol. The summed E-state index contributed by atoms with van der Waals surface area (Å²) in [7, 11) is -3.99. The Hall–Kier alpha value is -2.95. The van der Waals surface area contributed by atoms with Crippen LogP contribution >= 0.6 is 27.5 Å². The second-order valence-corrected chi connectivity index (χ2v) is 13.7. The molecule has 214 valence electrons. The van der Waals surface area contributed by atoms with Crippen LogP contribution in [0.25, 0.3) is 0 Å². The Morgan fingerprint density at radius 2 is 1.62 bits per heavy atom. The molecule has 0 heterocycles. The summed E-state index contributed by atoms with van der Waals surface area (Å²) < 4.78 is 41.1. The lowest BCUT2D eigenvalue weighted by atomic mass is 10.0. The van der Waals surface area contributed by atoms with E-state index in [2.05, 4.69) is 21.2 Å². The van der Waals surface area contributed by atoms with Crippen molar-refractivity contribution in [2.75, 3.05) is 17.1 Å². The molecule has 3 aromatic rings. The van der Waals surface area contributed by atoms with Crippen LogP contribution in [0.4, 0.5) is 10.1 Å². The molecule has 0 aliphatic carbocycles. The Kier molecular flexibility index (Phi) is 10.4. The maximum absolute atomic E-state index is 14.0. The van der Waals surface area contributed by atoms with Gasteiger partial charge in [0.15, 0.2) is 0 Å². The van der Waals surface area contributed by atoms with E-state index in [-0.39, 0.29) is 29.6 Å². The molecule has 0 aromatic heterocycles. The number of rotatable bonds is 10. The Morgan fingerprint density at radius 3 is 2.17 bits per heavy atom. The zero-order valence-electron chi connectivity index (χ0n) is 22.7. The van der Waals surface area contributed by atoms with E-state index in [0.717, 1.165) is 38.3 Å². The van der Waals surface area contributed by atoms with Crippen LogP contribution in [0, 0.1) is 5.82 Å². The maximum Gasteiger partial charge on any atom is 0.244 e. The van der Waals surface area contributed by atoms with Crippen LogP contribution in [0.5, 0.6) is 0 Å². The monoisotopic (exact) mass is 651 g/mol. The fourth-order valence-corrected chi connectivity index (χ4v) is 5.33. The van der Waals surface area contributed by atoms with Crippen LogP contribution in [0.15, 0.2) is 77.3 Å². The molecule has 0 aliphatic rings. The number of carbonyl (C=O) groups is 2. The molecule has 0 fully saturated rings. The van der Waals surface area contributed by atoms with Crippen molar-refractivity contribution in [3.05, 3.63) is 99.2 Å². The highest BCUT2D eigenvalue weighted by Crippen LogP contribution is 2.25. The molecule has 1 N–H and O–H groups in total. The van der Waals surface area contributed by atoms with E-state index in [1.807, 2.05) is 75.4 Å². The third-order valence-corrected chi connectivity index (χ3v) is 7.86. The lowest BCUT2D eigenvalue weighted by molar-refractivity contribution is -0.140. The summed E-state index contributed by atoms with van der Waals surface area (Å²) in [4.78, 5) is 29.1. The number of amides is 2. The van der Waals surface area contributed by atoms with Gasteiger partial charge < -0.3 is 10.2 Å². The van der Waals surface area contributed by atoms with Crippen molar-refractivity contribution in [3.63, 3.8) is 0 Å². The highest BCUT2D eigenvalue weighted by Gasteiger charge is 2.34. The fraction of sp³-hybridized carbons (Fsp3) is 0.310. The van der Waals surface area contributed by atoms with Crippen molar-refractivity contribution in [2.45, 2.75) is 45.3 Å². The second-order valence-electron chi connectivity index (χ2n) is 10.5. The van der Waals surface area contributed by atoms with E-state index >= 15 is 0 Å². The molecule has 1 unspecified atom stereocenters. The smallest absolute Gasteiger partial charge is 0.244 e. The normalized spacial score (nSPS) is 12.5. The first-order valence-corrected chi connectivity index (χ1v) is 15.5. The Balaban J connectivity index is 2.08. The lowest BCUT2D eigenvalue weighted by Gasteiger charge is -2.35. The third kappa shape index (κ3) is 9.04. The van der Waals surface area contributed by atoms with Gasteiger partial charge in [0.1, 0.15) is 18.4 Å². The highest BCUT2D eigenvalue weighted by molar-refractivity contribution is 9.10. The van der Waals surface area contributed by atoms with E-state index in [0.29, 0.717) is 0 Å². The minimum atomic E-state index is -3.99. The highest BCUT2D eigenvalue weighted by atomic mass is 79.9. The minimum absolute atomic E-state index is 0.0320. The number of carbonyl (C=O) groups excluding carboxylic acids is 2. The van der Waals surface area contributed by atoms with E-state index in [1.165, 1.54) is 11.0 Å². The molecule has 3 aromatic carbocycles. The number of nitrogens with one attached hydrogen (secondary N) is 1. The number of halogens is 3. The number of hydrogen-bond donors (Lipinski definition) is 1. The zero-order chi connectivity index (χ0) is 29.7. The molecule has 7 nitrogen and oxygen atoms in total. The van der Waals surface area contributed by atoms with Gasteiger partial charge in [-0.3, -0.25) is 13.9 Å². The summed E-state index contributed by atoms with van der Waals surface area (Å²) in [5, 5.41) is 2.69. The van der Waals surface area contributed by atoms with E-state index in [4.69, 9.17) is 11.6 Å². The predicted octanol–water partition coefficient (Wildman–Crippen LogP) is 5.56. The van der Waals surface area contributed by atoms with Gasteiger partial charge in [0.25, 0.3) is 0 Å². The summed E-state index contributed by atoms with van der Waals surface area (Å²) in [6, 6.07) is 19.0. The van der Waals surface area contributed by atoms with Gasteiger partial charge in [-0.05, 0) is 62.2 Å². The van der Waals surface area contributed by atoms with Crippen molar-refractivity contribution < 1.29 is 22.4 Å². The molecule has 0 bridgehead atoms. The lowest BCUT2D eigenvalue weighted by Crippen LogP contribution is -2.56. The molecule has 0 aliphatic heterocycles. The van der Waals surface area contributed by atoms with Gasteiger partial charge in [0.05, 0.1) is 17.0 Å². The number of anilines is 1. The van der Waals surface area contributed by atoms with Crippen molar-refractivity contribution in [1.82, 2.24) is 10.2 Å². The first-order chi connectivity index (χ1) is 18.6. The molecule has 0 radical (unpaired) electrons. The van der Waals surface area contributed by atoms with E-state index < -0.39 is 39.9 Å². The SMILES string of the molecule is CC(C)(C)NC(=O)C(Cc1ccccc1)N(Cc1ccc(Br)cc1)C(=O)CN(c1ccc(F)c(Cl)c1)S(C)(=O)=O. The number of nitrogens with zero attached hydrogens (tertiary/aromatic N) is 2. The van der Waals surface area contributed by atoms with E-state index in [1.54, 1.807) is 0 Å². The van der Waals surface area contributed by atoms with Gasteiger partial charge >= 0.3 is 0 Å². The number of benzene rings is 3. The maximum atomic E-state index is 14.0. The Morgan fingerprint density at radius 1 is 1.00 bits per heavy atom. The van der Waals surface area contributed by atoms with Gasteiger partial charge in [-0.25, -0.2) is 12.8 Å². The van der Waals surface area contributed by atoms with Crippen molar-refractivity contribution in [2.24, 2.45) is 0 Å². The van der Waals surface area contributed by atoms with Crippen LogP contribution in [-0.2, 0) is 32.6 Å². The van der Waals surface area contributed by atoms with Crippen LogP contribution in [0.2, 0.25) is 5.02 Å². The van der Waals surface area contributed by atoms with Crippen molar-refractivity contribution >= 4 is 55.1 Å². The molecule has 0 spiro atoms. The number of sulfonamides is 1. The molecule has 0 saturated heterocycles. The van der Waals surface area contributed by atoms with Crippen molar-refractivity contribution in [1.29, 1.82) is 0 Å². The summed E-state index contributed by atoms with van der Waals surface area (Å²) in [5.41, 5.74) is 1.02. The van der Waals surface area contributed by atoms with Gasteiger partial charge in [0.2, 0.25) is 21.8 Å². The van der Waals surface area contributed by atoms with Crippen LogP contribution in [0.1, 0.15) is 31.9 Å². The summed E-state index contributed by atoms with van der Waals surface area (Å²) in [5.74, 6) is -1.71. The molecule has 3 rings (SSSR count). The van der Waals surface area contributed by atoms with E-state index in [9.17, 15) is 22.4 Å². The summed E-state index contributed by atoms with van der Waals surface area (Å²) >= 11 is 9.33. The molecule has 0 saturated carbocycles. The summed E-state index contributed by atoms with van der Waals surface area (Å²) in [6.07, 6.45) is 1.15. The molecule has 40 heavy (non-hydrogen) atoms. The van der Waals surface area contributed by atoms with Gasteiger partial charge in [-0.15, -0.1) is 0 Å². The average Bonchev–Trinajstić information content (AvgIpc) is 2.86. The van der Waals surface area contributed by atoms with Gasteiger partial charge in [-0.1, -0.05) is 70.0 Å². The summed E-state index contributed by atoms with van der Waals surface area (Å²) in [6.45, 7) is 4.95. The molecule has 11 heteroatoms. The zero-order valence-corrected chi connectivity index (χ0v) is 25.9. The Labute approximate surface area is 248 Å². The topological polar surface area (TPSA) is 86.8 Å². The molecular formula is C29H32BrClFN3O4S. The molecule has 1 atom stereocenters. The largest absolute Gasteiger partial charge is 0.350 e. The van der Waals surface area contributed by atoms with Gasteiger partial charge in [-0.2, -0.15) is 0 Å². The Bertz CT molecular complexity index is 1450. The quantitative estimate of drug-likeness (QED) is 0.311. The van der Waals surface area contributed by atoms with Gasteiger partial charge in [0, 0.05) is 23.0 Å². The van der Waals surface area contributed by atoms with Crippen LogP contribution in [-0.4, -0.2) is 49.5 Å². The van der Waals surface area contributed by atoms with Crippen LogP contribution < -0.4 is 9.62 Å². The van der Waals surface area contributed by atoms with Crippen molar-refractivity contribution in [3.8, 4) is 0 Å². The number of hydrogen-bond acceptors (Lipinski definition) is 4. The standard InChI is InChI=1S/C29H32BrClFN3O4S/c1-29(2,3)33-28(37)26(16-20-8-6-5-7-9-20)34(18-21-10-12-22(30)13-11-21)27(36)19-35(40(4,38)39)23-14-15-25(32)24(31)17-23/h5-15,17,26H,16,18-19H2,1-4H3,(H,33,37). The molecule has 2 amide bonds. The first-order valence-electron chi connectivity index (χ1n) is 12.5. The van der Waals surface area contributed by atoms with Crippen LogP contribution in [0.3, 0.4) is 0 Å². The minimum Gasteiger partial charge on any atom is -0.350 e. The third-order valence-electron chi connectivity index (χ3n) is 5.91. The first kappa shape index (κ1) is 31.6. The average molecular weight is 653 g/mol. The fourth-order valence-electron chi connectivity index (χ4n) is 4.05.